The van der Waals surface area contributed by atoms with Gasteiger partial charge >= 0.3 is 0 Å². The predicted molar refractivity (Wildman–Crippen MR) is 54.4 cm³/mol. The summed E-state index contributed by atoms with van der Waals surface area (Å²) in [5.41, 5.74) is 1.05. The van der Waals surface area contributed by atoms with Gasteiger partial charge in [0.2, 0.25) is 0 Å². The number of amides is 1. The van der Waals surface area contributed by atoms with Crippen molar-refractivity contribution in [2.24, 2.45) is 14.1 Å². The Bertz CT molecular complexity index is 484. The topological polar surface area (TPSA) is 64.7 Å². The fourth-order valence-corrected chi connectivity index (χ4v) is 1.22. The SMILES string of the molecule is Cn1cc(NC(=O)c2ccn(C)n2)cn1. The number of rotatable bonds is 2. The van der Waals surface area contributed by atoms with Crippen LogP contribution in [0, 0.1) is 0 Å². The Balaban J connectivity index is 2.10. The van der Waals surface area contributed by atoms with E-state index in [2.05, 4.69) is 15.5 Å². The number of carbonyl (C=O) groups excluding carboxylic acids is 1. The van der Waals surface area contributed by atoms with Crippen molar-refractivity contribution in [1.82, 2.24) is 19.6 Å². The molecule has 6 nitrogen and oxygen atoms in total. The standard InChI is InChI=1S/C9H11N5O/c1-13-4-3-8(12-13)9(15)11-7-5-10-14(2)6-7/h3-6H,1-2H3,(H,11,15). The van der Waals surface area contributed by atoms with Gasteiger partial charge in [0, 0.05) is 26.5 Å². The number of aromatic nitrogens is 4. The highest BCUT2D eigenvalue weighted by Gasteiger charge is 2.09. The second-order valence-corrected chi connectivity index (χ2v) is 3.23. The second-order valence-electron chi connectivity index (χ2n) is 3.23. The zero-order valence-electron chi connectivity index (χ0n) is 8.51. The van der Waals surface area contributed by atoms with Crippen LogP contribution < -0.4 is 5.32 Å². The molecule has 0 unspecified atom stereocenters. The number of aryl methyl sites for hydroxylation is 2. The highest BCUT2D eigenvalue weighted by Crippen LogP contribution is 2.05. The maximum atomic E-state index is 11.6. The van der Waals surface area contributed by atoms with E-state index < -0.39 is 0 Å². The van der Waals surface area contributed by atoms with Gasteiger partial charge in [-0.05, 0) is 6.07 Å². The lowest BCUT2D eigenvalue weighted by Gasteiger charge is -1.97. The molecule has 1 N–H and O–H groups in total. The molecule has 0 aromatic carbocycles. The van der Waals surface area contributed by atoms with Crippen LogP contribution in [0.1, 0.15) is 10.5 Å². The van der Waals surface area contributed by atoms with Crippen molar-refractivity contribution in [2.45, 2.75) is 0 Å². The lowest BCUT2D eigenvalue weighted by Crippen LogP contribution is -2.12. The van der Waals surface area contributed by atoms with Gasteiger partial charge < -0.3 is 5.32 Å². The Kier molecular flexibility index (Phi) is 2.24. The van der Waals surface area contributed by atoms with Gasteiger partial charge in [-0.25, -0.2) is 0 Å². The molecule has 0 aliphatic heterocycles. The molecule has 0 radical (unpaired) electrons. The van der Waals surface area contributed by atoms with Crippen LogP contribution >= 0.6 is 0 Å². The molecular weight excluding hydrogens is 194 g/mol. The van der Waals surface area contributed by atoms with Gasteiger partial charge in [0.25, 0.3) is 5.91 Å². The van der Waals surface area contributed by atoms with Crippen molar-refractivity contribution in [2.75, 3.05) is 5.32 Å². The summed E-state index contributed by atoms with van der Waals surface area (Å²) in [5.74, 6) is -0.233. The molecule has 0 aliphatic rings. The zero-order chi connectivity index (χ0) is 10.8. The molecule has 0 spiro atoms. The first kappa shape index (κ1) is 9.45. The summed E-state index contributed by atoms with van der Waals surface area (Å²) in [5, 5.41) is 10.6. The lowest BCUT2D eigenvalue weighted by molar-refractivity contribution is 0.102. The van der Waals surface area contributed by atoms with Crippen LogP contribution in [0.5, 0.6) is 0 Å². The third-order valence-corrected chi connectivity index (χ3v) is 1.91. The number of nitrogens with zero attached hydrogens (tertiary/aromatic N) is 4. The summed E-state index contributed by atoms with van der Waals surface area (Å²) in [4.78, 5) is 11.6. The van der Waals surface area contributed by atoms with E-state index in [0.717, 1.165) is 0 Å². The van der Waals surface area contributed by atoms with E-state index in [-0.39, 0.29) is 5.91 Å². The van der Waals surface area contributed by atoms with E-state index in [0.29, 0.717) is 11.4 Å². The minimum absolute atomic E-state index is 0.233. The van der Waals surface area contributed by atoms with E-state index in [9.17, 15) is 4.79 Å². The molecule has 0 saturated heterocycles. The van der Waals surface area contributed by atoms with Crippen LogP contribution in [-0.4, -0.2) is 25.5 Å². The molecule has 0 bridgehead atoms. The van der Waals surface area contributed by atoms with Crippen LogP contribution in [0.25, 0.3) is 0 Å². The highest BCUT2D eigenvalue weighted by atomic mass is 16.2. The predicted octanol–water partition coefficient (Wildman–Crippen LogP) is 0.406. The van der Waals surface area contributed by atoms with Crippen molar-refractivity contribution in [3.05, 3.63) is 30.4 Å². The number of hydrogen-bond donors (Lipinski definition) is 1. The largest absolute Gasteiger partial charge is 0.318 e. The molecule has 2 heterocycles. The minimum Gasteiger partial charge on any atom is -0.318 e. The monoisotopic (exact) mass is 205 g/mol. The second kappa shape index (κ2) is 3.56. The third kappa shape index (κ3) is 2.04. The molecule has 15 heavy (non-hydrogen) atoms. The fourth-order valence-electron chi connectivity index (χ4n) is 1.22. The van der Waals surface area contributed by atoms with Crippen molar-refractivity contribution in [3.8, 4) is 0 Å². The third-order valence-electron chi connectivity index (χ3n) is 1.91. The first-order valence-corrected chi connectivity index (χ1v) is 4.45. The molecule has 0 atom stereocenters. The summed E-state index contributed by atoms with van der Waals surface area (Å²) >= 11 is 0. The molecule has 0 aliphatic carbocycles. The first-order valence-electron chi connectivity index (χ1n) is 4.45. The summed E-state index contributed by atoms with van der Waals surface area (Å²) in [6.07, 6.45) is 5.03. The smallest absolute Gasteiger partial charge is 0.276 e. The van der Waals surface area contributed by atoms with Gasteiger partial charge in [-0.1, -0.05) is 0 Å². The molecule has 1 amide bonds. The number of hydrogen-bond acceptors (Lipinski definition) is 3. The van der Waals surface area contributed by atoms with Gasteiger partial charge in [0.1, 0.15) is 0 Å². The van der Waals surface area contributed by atoms with E-state index in [1.54, 1.807) is 48.1 Å². The van der Waals surface area contributed by atoms with Gasteiger partial charge in [-0.15, -0.1) is 0 Å². The van der Waals surface area contributed by atoms with Gasteiger partial charge in [0.15, 0.2) is 5.69 Å². The Morgan fingerprint density at radius 1 is 1.40 bits per heavy atom. The fraction of sp³-hybridized carbons (Fsp3) is 0.222. The average Bonchev–Trinajstić information content (AvgIpc) is 2.75. The molecule has 2 rings (SSSR count). The summed E-state index contributed by atoms with van der Waals surface area (Å²) in [7, 11) is 3.55. The Labute approximate surface area is 86.5 Å². The maximum Gasteiger partial charge on any atom is 0.276 e. The number of carbonyl (C=O) groups is 1. The maximum absolute atomic E-state index is 11.6. The molecule has 6 heteroatoms. The minimum atomic E-state index is -0.233. The molecule has 0 fully saturated rings. The van der Waals surface area contributed by atoms with Gasteiger partial charge in [0.05, 0.1) is 11.9 Å². The van der Waals surface area contributed by atoms with E-state index in [1.165, 1.54) is 0 Å². The van der Waals surface area contributed by atoms with Crippen molar-refractivity contribution < 1.29 is 4.79 Å². The number of anilines is 1. The summed E-state index contributed by atoms with van der Waals surface area (Å²) < 4.78 is 3.20. The van der Waals surface area contributed by atoms with Gasteiger partial charge in [-0.2, -0.15) is 10.2 Å². The van der Waals surface area contributed by atoms with Crippen LogP contribution in [0.15, 0.2) is 24.7 Å². The quantitative estimate of drug-likeness (QED) is 0.772. The Hall–Kier alpha value is -2.11. The molecule has 0 saturated carbocycles. The molecule has 2 aromatic rings. The number of nitrogens with one attached hydrogen (secondary N) is 1. The van der Waals surface area contributed by atoms with E-state index in [4.69, 9.17) is 0 Å². The van der Waals surface area contributed by atoms with Crippen LogP contribution in [0.2, 0.25) is 0 Å². The Morgan fingerprint density at radius 2 is 2.20 bits per heavy atom. The molecule has 2 aromatic heterocycles. The lowest BCUT2D eigenvalue weighted by atomic mass is 10.4. The summed E-state index contributed by atoms with van der Waals surface area (Å²) in [6.45, 7) is 0. The highest BCUT2D eigenvalue weighted by molar-refractivity contribution is 6.02. The zero-order valence-corrected chi connectivity index (χ0v) is 8.51. The Morgan fingerprint density at radius 3 is 2.73 bits per heavy atom. The summed E-state index contributed by atoms with van der Waals surface area (Å²) in [6, 6.07) is 1.66. The van der Waals surface area contributed by atoms with Crippen LogP contribution in [-0.2, 0) is 14.1 Å². The van der Waals surface area contributed by atoms with Crippen molar-refractivity contribution in [1.29, 1.82) is 0 Å². The normalized spacial score (nSPS) is 10.3. The van der Waals surface area contributed by atoms with E-state index in [1.807, 2.05) is 0 Å². The van der Waals surface area contributed by atoms with Crippen LogP contribution in [0.4, 0.5) is 5.69 Å². The first-order chi connectivity index (χ1) is 7.15. The molecular formula is C9H11N5O. The van der Waals surface area contributed by atoms with Crippen molar-refractivity contribution >= 4 is 11.6 Å². The van der Waals surface area contributed by atoms with Crippen LogP contribution in [0.3, 0.4) is 0 Å². The molecule has 78 valence electrons. The van der Waals surface area contributed by atoms with Crippen molar-refractivity contribution in [3.63, 3.8) is 0 Å². The van der Waals surface area contributed by atoms with E-state index >= 15 is 0 Å². The van der Waals surface area contributed by atoms with Gasteiger partial charge in [-0.3, -0.25) is 14.2 Å². The average molecular weight is 205 g/mol.